The summed E-state index contributed by atoms with van der Waals surface area (Å²) in [6.07, 6.45) is 3.70. The Balaban J connectivity index is 1.27. The van der Waals surface area contributed by atoms with E-state index in [1.54, 1.807) is 11.9 Å². The van der Waals surface area contributed by atoms with Crippen LogP contribution in [0.25, 0.3) is 22.6 Å². The molecule has 2 amide bonds. The molecule has 2 aliphatic carbocycles. The monoisotopic (exact) mass is 448 g/mol. The van der Waals surface area contributed by atoms with Crippen molar-refractivity contribution in [3.8, 4) is 11.5 Å². The number of hydrogen-bond acceptors (Lipinski definition) is 5. The average molecular weight is 449 g/mol. The highest BCUT2D eigenvalue weighted by Crippen LogP contribution is 2.59. The summed E-state index contributed by atoms with van der Waals surface area (Å²) in [5, 5.41) is 7.84. The number of fused-ring (bicyclic) bond motifs is 3. The number of likely N-dealkylation sites (N-methyl/N-ethyl adjacent to an activating group) is 1. The van der Waals surface area contributed by atoms with E-state index in [4.69, 9.17) is 9.72 Å². The van der Waals surface area contributed by atoms with Crippen LogP contribution in [0, 0.1) is 18.3 Å². The van der Waals surface area contributed by atoms with Crippen LogP contribution in [0.1, 0.15) is 36.6 Å². The molecule has 0 radical (unpaired) electrons. The van der Waals surface area contributed by atoms with Crippen molar-refractivity contribution in [1.82, 2.24) is 25.1 Å². The van der Waals surface area contributed by atoms with Gasteiger partial charge in [-0.1, -0.05) is 6.92 Å². The number of carbonyl (C=O) groups excluding carboxylic acids is 2. The molecule has 2 N–H and O–H groups in total. The van der Waals surface area contributed by atoms with Crippen molar-refractivity contribution in [2.75, 3.05) is 31.6 Å². The van der Waals surface area contributed by atoms with E-state index in [-0.39, 0.29) is 12.5 Å². The highest BCUT2D eigenvalue weighted by atomic mass is 16.6. The highest BCUT2D eigenvalue weighted by molar-refractivity contribution is 5.98. The largest absolute Gasteiger partial charge is 0.449 e. The molecule has 1 aliphatic heterocycles. The van der Waals surface area contributed by atoms with Gasteiger partial charge in [-0.25, -0.2) is 9.78 Å². The highest BCUT2D eigenvalue weighted by Gasteiger charge is 2.53. The first-order valence-electron chi connectivity index (χ1n) is 11.6. The molecule has 9 heteroatoms. The molecule has 9 nitrogen and oxygen atoms in total. The second kappa shape index (κ2) is 7.07. The van der Waals surface area contributed by atoms with E-state index in [9.17, 15) is 9.59 Å². The number of aromatic amines is 2. The van der Waals surface area contributed by atoms with Crippen LogP contribution < -0.4 is 4.90 Å². The van der Waals surface area contributed by atoms with Crippen LogP contribution in [0.5, 0.6) is 0 Å². The van der Waals surface area contributed by atoms with Crippen molar-refractivity contribution in [3.63, 3.8) is 0 Å². The number of anilines is 1. The van der Waals surface area contributed by atoms with E-state index in [0.717, 1.165) is 59.0 Å². The Morgan fingerprint density at radius 3 is 3.06 bits per heavy atom. The zero-order valence-electron chi connectivity index (χ0n) is 19.2. The molecule has 3 aliphatic rings. The molecule has 33 heavy (non-hydrogen) atoms. The van der Waals surface area contributed by atoms with E-state index >= 15 is 0 Å². The van der Waals surface area contributed by atoms with E-state index < -0.39 is 6.09 Å². The predicted octanol–water partition coefficient (Wildman–Crippen LogP) is 3.19. The summed E-state index contributed by atoms with van der Waals surface area (Å²) in [7, 11) is 1.73. The standard InChI is InChI=1S/C24H28N6O3/c1-13-7-16-17(9-19(13)29(3)20(31)12-30-5-4-6-33-23(30)32)26-22(25-16)21-15-8-14-10-24(14,2)11-18(15)27-28-21/h7,9,14H,4-6,8,10-12H2,1-3H3,(H,25,26)(H,27,28)/t14-,24-/m1/s1. The Morgan fingerprint density at radius 2 is 2.24 bits per heavy atom. The molecule has 6 rings (SSSR count). The van der Waals surface area contributed by atoms with E-state index in [1.807, 2.05) is 19.1 Å². The Hall–Kier alpha value is -3.36. The molecular weight excluding hydrogens is 420 g/mol. The third-order valence-corrected chi connectivity index (χ3v) is 7.66. The van der Waals surface area contributed by atoms with Crippen molar-refractivity contribution < 1.29 is 14.3 Å². The SMILES string of the molecule is Cc1cc2[nH]c(-c3n[nH]c4c3C[C@@H]3C[C@]3(C)C4)nc2cc1N(C)C(=O)CN1CCCOC1=O. The van der Waals surface area contributed by atoms with Gasteiger partial charge in [-0.15, -0.1) is 0 Å². The maximum absolute atomic E-state index is 12.9. The molecule has 3 aromatic rings. The van der Waals surface area contributed by atoms with Crippen LogP contribution in [0.3, 0.4) is 0 Å². The maximum Gasteiger partial charge on any atom is 0.410 e. The second-order valence-electron chi connectivity index (χ2n) is 10.0. The number of cyclic esters (lactones) is 1. The van der Waals surface area contributed by atoms with Crippen LogP contribution in [-0.2, 0) is 22.4 Å². The average Bonchev–Trinajstić information content (AvgIpc) is 3.07. The normalized spacial score (nSPS) is 23.8. The third kappa shape index (κ3) is 3.29. The summed E-state index contributed by atoms with van der Waals surface area (Å²) in [5.74, 6) is 1.34. The summed E-state index contributed by atoms with van der Waals surface area (Å²) in [4.78, 5) is 36.1. The summed E-state index contributed by atoms with van der Waals surface area (Å²) in [6.45, 7) is 5.28. The fourth-order valence-corrected chi connectivity index (χ4v) is 5.42. The topological polar surface area (TPSA) is 107 Å². The van der Waals surface area contributed by atoms with Gasteiger partial charge in [0.2, 0.25) is 5.91 Å². The number of aromatic nitrogens is 4. The minimum absolute atomic E-state index is 0.00187. The number of nitrogens with one attached hydrogen (secondary N) is 2. The van der Waals surface area contributed by atoms with Gasteiger partial charge in [0.05, 0.1) is 17.6 Å². The van der Waals surface area contributed by atoms with Gasteiger partial charge in [0.1, 0.15) is 12.2 Å². The molecular formula is C24H28N6O3. The summed E-state index contributed by atoms with van der Waals surface area (Å²) < 4.78 is 5.04. The molecule has 1 aromatic carbocycles. The van der Waals surface area contributed by atoms with Gasteiger partial charge < -0.3 is 14.6 Å². The number of benzene rings is 1. The minimum Gasteiger partial charge on any atom is -0.449 e. The number of aryl methyl sites for hydroxylation is 1. The lowest BCUT2D eigenvalue weighted by Crippen LogP contribution is -2.45. The minimum atomic E-state index is -0.430. The molecule has 0 unspecified atom stereocenters. The summed E-state index contributed by atoms with van der Waals surface area (Å²) in [5.41, 5.74) is 7.29. The van der Waals surface area contributed by atoms with Gasteiger partial charge in [0, 0.05) is 30.5 Å². The van der Waals surface area contributed by atoms with Crippen molar-refractivity contribution in [2.24, 2.45) is 11.3 Å². The van der Waals surface area contributed by atoms with Crippen molar-refractivity contribution in [2.45, 2.75) is 39.5 Å². The second-order valence-corrected chi connectivity index (χ2v) is 10.0. The summed E-state index contributed by atoms with van der Waals surface area (Å²) >= 11 is 0. The fourth-order valence-electron chi connectivity index (χ4n) is 5.42. The van der Waals surface area contributed by atoms with E-state index in [1.165, 1.54) is 22.6 Å². The molecule has 0 spiro atoms. The van der Waals surface area contributed by atoms with Crippen molar-refractivity contribution >= 4 is 28.7 Å². The molecule has 0 bridgehead atoms. The van der Waals surface area contributed by atoms with E-state index in [2.05, 4.69) is 22.1 Å². The number of nitrogens with zero attached hydrogens (tertiary/aromatic N) is 4. The van der Waals surface area contributed by atoms with Gasteiger partial charge in [-0.3, -0.25) is 14.8 Å². The van der Waals surface area contributed by atoms with Crippen LogP contribution in [-0.4, -0.2) is 63.8 Å². The van der Waals surface area contributed by atoms with E-state index in [0.29, 0.717) is 18.6 Å². The van der Waals surface area contributed by atoms with Gasteiger partial charge >= 0.3 is 6.09 Å². The van der Waals surface area contributed by atoms with Crippen LogP contribution in [0.2, 0.25) is 0 Å². The van der Waals surface area contributed by atoms with Gasteiger partial charge in [0.15, 0.2) is 5.82 Å². The molecule has 2 atom stereocenters. The number of hydrogen-bond donors (Lipinski definition) is 2. The first kappa shape index (κ1) is 20.3. The number of carbonyl (C=O) groups is 2. The predicted molar refractivity (Wildman–Crippen MR) is 123 cm³/mol. The molecule has 1 saturated carbocycles. The zero-order chi connectivity index (χ0) is 22.9. The third-order valence-electron chi connectivity index (χ3n) is 7.66. The number of H-pyrrole nitrogens is 2. The number of rotatable bonds is 4. The van der Waals surface area contributed by atoms with Crippen LogP contribution in [0.15, 0.2) is 12.1 Å². The van der Waals surface area contributed by atoms with Crippen LogP contribution in [0.4, 0.5) is 10.5 Å². The Labute approximate surface area is 191 Å². The lowest BCUT2D eigenvalue weighted by atomic mass is 9.88. The maximum atomic E-state index is 12.9. The van der Waals surface area contributed by atoms with Gasteiger partial charge in [-0.2, -0.15) is 5.10 Å². The molecule has 2 fully saturated rings. The Kier molecular flexibility index (Phi) is 4.34. The van der Waals surface area contributed by atoms with Gasteiger partial charge in [-0.05, 0) is 61.6 Å². The van der Waals surface area contributed by atoms with Crippen molar-refractivity contribution in [3.05, 3.63) is 29.0 Å². The lowest BCUT2D eigenvalue weighted by molar-refractivity contribution is -0.119. The van der Waals surface area contributed by atoms with Gasteiger partial charge in [0.25, 0.3) is 0 Å². The fraction of sp³-hybridized carbons (Fsp3) is 0.500. The Bertz CT molecular complexity index is 1290. The number of ether oxygens (including phenoxy) is 1. The number of amides is 2. The first-order valence-corrected chi connectivity index (χ1v) is 11.6. The quantitative estimate of drug-likeness (QED) is 0.637. The Morgan fingerprint density at radius 1 is 1.39 bits per heavy atom. The molecule has 3 heterocycles. The first-order chi connectivity index (χ1) is 15.8. The molecule has 1 saturated heterocycles. The van der Waals surface area contributed by atoms with Crippen molar-refractivity contribution in [1.29, 1.82) is 0 Å². The summed E-state index contributed by atoms with van der Waals surface area (Å²) in [6, 6.07) is 3.94. The zero-order valence-corrected chi connectivity index (χ0v) is 19.2. The smallest absolute Gasteiger partial charge is 0.410 e. The molecule has 2 aromatic heterocycles. The lowest BCUT2D eigenvalue weighted by Gasteiger charge is -2.28. The number of imidazole rings is 1. The van der Waals surface area contributed by atoms with Crippen LogP contribution >= 0.6 is 0 Å². The molecule has 172 valence electrons.